The molecular formula is C13H15FN2O2. The number of rotatable bonds is 5. The number of nitrogens with two attached hydrogens (primary N) is 1. The van der Waals surface area contributed by atoms with Gasteiger partial charge in [0, 0.05) is 5.56 Å². The lowest BCUT2D eigenvalue weighted by molar-refractivity contribution is 0.390. The number of benzene rings is 1. The van der Waals surface area contributed by atoms with Crippen LogP contribution in [0.3, 0.4) is 0 Å². The number of hydrazine groups is 1. The van der Waals surface area contributed by atoms with Gasteiger partial charge in [0.15, 0.2) is 0 Å². The summed E-state index contributed by atoms with van der Waals surface area (Å²) in [5, 5.41) is 0. The molecule has 0 fully saturated rings. The van der Waals surface area contributed by atoms with Crippen LogP contribution in [-0.4, -0.2) is 7.11 Å². The Morgan fingerprint density at radius 1 is 1.44 bits per heavy atom. The Morgan fingerprint density at radius 2 is 2.28 bits per heavy atom. The van der Waals surface area contributed by atoms with Crippen molar-refractivity contribution in [2.45, 2.75) is 12.5 Å². The molecule has 0 amide bonds. The van der Waals surface area contributed by atoms with E-state index in [2.05, 4.69) is 5.43 Å². The van der Waals surface area contributed by atoms with Crippen LogP contribution in [0.5, 0.6) is 5.75 Å². The number of nitrogens with one attached hydrogen (secondary N) is 1. The third kappa shape index (κ3) is 2.52. The van der Waals surface area contributed by atoms with E-state index in [-0.39, 0.29) is 11.9 Å². The first-order valence-electron chi connectivity index (χ1n) is 5.56. The summed E-state index contributed by atoms with van der Waals surface area (Å²) >= 11 is 0. The van der Waals surface area contributed by atoms with Gasteiger partial charge in [-0.3, -0.25) is 11.3 Å². The van der Waals surface area contributed by atoms with Crippen LogP contribution in [-0.2, 0) is 6.42 Å². The van der Waals surface area contributed by atoms with Crippen molar-refractivity contribution in [2.24, 2.45) is 5.84 Å². The summed E-state index contributed by atoms with van der Waals surface area (Å²) in [5.74, 6) is 5.64. The minimum absolute atomic E-state index is 0.346. The molecule has 0 aliphatic heterocycles. The summed E-state index contributed by atoms with van der Waals surface area (Å²) in [4.78, 5) is 0. The number of hydrogen-bond acceptors (Lipinski definition) is 4. The largest absolute Gasteiger partial charge is 0.496 e. The Kier molecular flexibility index (Phi) is 3.96. The summed E-state index contributed by atoms with van der Waals surface area (Å²) in [6, 6.07) is 6.13. The minimum atomic E-state index is -0.376. The Bertz CT molecular complexity index is 500. The molecule has 1 heterocycles. The second-order valence-electron chi connectivity index (χ2n) is 3.91. The van der Waals surface area contributed by atoms with E-state index >= 15 is 0 Å². The highest BCUT2D eigenvalue weighted by Crippen LogP contribution is 2.29. The van der Waals surface area contributed by atoms with Crippen molar-refractivity contribution >= 4 is 0 Å². The first kappa shape index (κ1) is 12.6. The quantitative estimate of drug-likeness (QED) is 0.630. The molecule has 4 nitrogen and oxygen atoms in total. The topological polar surface area (TPSA) is 60.4 Å². The van der Waals surface area contributed by atoms with Gasteiger partial charge in [-0.05, 0) is 30.2 Å². The molecule has 0 bridgehead atoms. The Balaban J connectivity index is 2.32. The summed E-state index contributed by atoms with van der Waals surface area (Å²) in [6.45, 7) is 0. The zero-order chi connectivity index (χ0) is 13.0. The zero-order valence-corrected chi connectivity index (χ0v) is 10.0. The van der Waals surface area contributed by atoms with Crippen molar-refractivity contribution in [3.05, 3.63) is 53.7 Å². The first-order chi connectivity index (χ1) is 8.76. The van der Waals surface area contributed by atoms with Crippen LogP contribution in [0.4, 0.5) is 4.39 Å². The van der Waals surface area contributed by atoms with E-state index in [9.17, 15) is 4.39 Å². The number of hydrogen-bond donors (Lipinski definition) is 2. The monoisotopic (exact) mass is 250 g/mol. The van der Waals surface area contributed by atoms with Crippen LogP contribution in [0.25, 0.3) is 0 Å². The third-order valence-corrected chi connectivity index (χ3v) is 2.80. The average Bonchev–Trinajstić information content (AvgIpc) is 2.89. The highest BCUT2D eigenvalue weighted by Gasteiger charge is 2.20. The molecule has 1 atom stereocenters. The maximum atomic E-state index is 13.9. The van der Waals surface area contributed by atoms with Crippen molar-refractivity contribution in [3.8, 4) is 5.75 Å². The van der Waals surface area contributed by atoms with E-state index in [0.717, 1.165) is 5.56 Å². The molecule has 1 unspecified atom stereocenters. The van der Waals surface area contributed by atoms with Crippen molar-refractivity contribution in [1.29, 1.82) is 0 Å². The zero-order valence-electron chi connectivity index (χ0n) is 10.0. The van der Waals surface area contributed by atoms with Gasteiger partial charge in [-0.15, -0.1) is 0 Å². The smallest absolute Gasteiger partial charge is 0.131 e. The van der Waals surface area contributed by atoms with E-state index in [0.29, 0.717) is 17.7 Å². The van der Waals surface area contributed by atoms with Crippen LogP contribution in [0.15, 0.2) is 41.2 Å². The van der Waals surface area contributed by atoms with Crippen LogP contribution in [0, 0.1) is 5.82 Å². The fraction of sp³-hybridized carbons (Fsp3) is 0.231. The van der Waals surface area contributed by atoms with Crippen molar-refractivity contribution in [3.63, 3.8) is 0 Å². The van der Waals surface area contributed by atoms with Gasteiger partial charge in [-0.25, -0.2) is 4.39 Å². The summed E-state index contributed by atoms with van der Waals surface area (Å²) in [5.41, 5.74) is 3.96. The number of halogens is 1. The maximum absolute atomic E-state index is 13.9. The molecule has 5 heteroatoms. The van der Waals surface area contributed by atoms with Gasteiger partial charge in [0.25, 0.3) is 0 Å². The molecule has 1 aromatic carbocycles. The molecule has 0 aliphatic carbocycles. The fourth-order valence-electron chi connectivity index (χ4n) is 1.92. The predicted molar refractivity (Wildman–Crippen MR) is 65.4 cm³/mol. The molecule has 0 aliphatic rings. The fourth-order valence-corrected chi connectivity index (χ4v) is 1.92. The predicted octanol–water partition coefficient (Wildman–Crippen LogP) is 2.17. The third-order valence-electron chi connectivity index (χ3n) is 2.80. The summed E-state index contributed by atoms with van der Waals surface area (Å²) in [6.07, 6.45) is 3.70. The van der Waals surface area contributed by atoms with Gasteiger partial charge in [-0.1, -0.05) is 6.07 Å². The van der Waals surface area contributed by atoms with Crippen LogP contribution in [0.1, 0.15) is 17.2 Å². The van der Waals surface area contributed by atoms with Crippen molar-refractivity contribution in [2.75, 3.05) is 7.11 Å². The van der Waals surface area contributed by atoms with E-state index in [1.54, 1.807) is 24.7 Å². The maximum Gasteiger partial charge on any atom is 0.131 e. The Labute approximate surface area is 105 Å². The molecule has 0 spiro atoms. The van der Waals surface area contributed by atoms with Crippen molar-refractivity contribution < 1.29 is 13.5 Å². The van der Waals surface area contributed by atoms with Crippen LogP contribution >= 0.6 is 0 Å². The van der Waals surface area contributed by atoms with Gasteiger partial charge >= 0.3 is 0 Å². The van der Waals surface area contributed by atoms with Gasteiger partial charge in [0.1, 0.15) is 11.6 Å². The second-order valence-corrected chi connectivity index (χ2v) is 3.91. The number of furan rings is 1. The SMILES string of the molecule is COc1cccc(F)c1C(Cc1ccoc1)NN. The standard InChI is InChI=1S/C13H15FN2O2/c1-17-12-4-2-3-10(14)13(12)11(16-15)7-9-5-6-18-8-9/h2-6,8,11,16H,7,15H2,1H3. The lowest BCUT2D eigenvalue weighted by atomic mass is 9.99. The van der Waals surface area contributed by atoms with Gasteiger partial charge in [0.05, 0.1) is 25.7 Å². The number of methoxy groups -OCH3 is 1. The first-order valence-corrected chi connectivity index (χ1v) is 5.56. The molecular weight excluding hydrogens is 235 g/mol. The van der Waals surface area contributed by atoms with Gasteiger partial charge in [-0.2, -0.15) is 0 Å². The lowest BCUT2D eigenvalue weighted by Gasteiger charge is -2.19. The molecule has 0 saturated carbocycles. The van der Waals surface area contributed by atoms with E-state index < -0.39 is 0 Å². The lowest BCUT2D eigenvalue weighted by Crippen LogP contribution is -2.30. The molecule has 96 valence electrons. The second kappa shape index (κ2) is 5.66. The van der Waals surface area contributed by atoms with E-state index in [1.807, 2.05) is 6.07 Å². The van der Waals surface area contributed by atoms with Crippen LogP contribution in [0.2, 0.25) is 0 Å². The van der Waals surface area contributed by atoms with E-state index in [4.69, 9.17) is 15.0 Å². The van der Waals surface area contributed by atoms with Crippen molar-refractivity contribution in [1.82, 2.24) is 5.43 Å². The molecule has 0 radical (unpaired) electrons. The highest BCUT2D eigenvalue weighted by atomic mass is 19.1. The molecule has 3 N–H and O–H groups in total. The molecule has 18 heavy (non-hydrogen) atoms. The molecule has 2 rings (SSSR count). The van der Waals surface area contributed by atoms with Gasteiger partial charge < -0.3 is 9.15 Å². The highest BCUT2D eigenvalue weighted by molar-refractivity contribution is 5.38. The summed E-state index contributed by atoms with van der Waals surface area (Å²) < 4.78 is 24.1. The van der Waals surface area contributed by atoms with Gasteiger partial charge in [0.2, 0.25) is 0 Å². The molecule has 1 aromatic heterocycles. The summed E-state index contributed by atoms with van der Waals surface area (Å²) in [7, 11) is 1.50. The Morgan fingerprint density at radius 3 is 2.89 bits per heavy atom. The number of ether oxygens (including phenoxy) is 1. The normalized spacial score (nSPS) is 12.4. The molecule has 0 saturated heterocycles. The molecule has 2 aromatic rings. The average molecular weight is 250 g/mol. The minimum Gasteiger partial charge on any atom is -0.496 e. The van der Waals surface area contributed by atoms with Crippen LogP contribution < -0.4 is 16.0 Å². The van der Waals surface area contributed by atoms with E-state index in [1.165, 1.54) is 13.2 Å². The Hall–Kier alpha value is -1.85.